The summed E-state index contributed by atoms with van der Waals surface area (Å²) in [4.78, 5) is 12.8. The first-order chi connectivity index (χ1) is 15.3. The third kappa shape index (κ3) is 4.83. The molecule has 1 unspecified atom stereocenters. The second-order valence-corrected chi connectivity index (χ2v) is 10.6. The van der Waals surface area contributed by atoms with Gasteiger partial charge in [-0.2, -0.15) is 4.31 Å². The van der Waals surface area contributed by atoms with E-state index in [1.807, 2.05) is 25.1 Å². The van der Waals surface area contributed by atoms with Gasteiger partial charge in [0.05, 0.1) is 11.1 Å². The highest BCUT2D eigenvalue weighted by atomic mass is 35.5. The largest absolute Gasteiger partial charge is 0.486 e. The highest BCUT2D eigenvalue weighted by molar-refractivity contribution is 7.89. The molecule has 1 atom stereocenters. The standard InChI is InChI=1S/C22H24Cl2N2O5S/c1-14(16-2-5-19-20(12-16)31-11-10-30-19)25-22(27)15-6-8-26(9-7-15)32(28,29)21-13-17(23)3-4-18(21)24/h2-5,12-15H,6-11H2,1H3,(H,25,27). The van der Waals surface area contributed by atoms with Gasteiger partial charge in [0, 0.05) is 24.0 Å². The number of amides is 1. The number of ether oxygens (including phenoxy) is 2. The number of benzene rings is 2. The predicted octanol–water partition coefficient (Wildman–Crippen LogP) is 4.04. The number of hydrogen-bond donors (Lipinski definition) is 1. The van der Waals surface area contributed by atoms with Gasteiger partial charge in [-0.1, -0.05) is 29.3 Å². The molecule has 1 saturated heterocycles. The van der Waals surface area contributed by atoms with Gasteiger partial charge >= 0.3 is 0 Å². The van der Waals surface area contributed by atoms with Gasteiger partial charge in [-0.15, -0.1) is 0 Å². The Morgan fingerprint density at radius 1 is 1.06 bits per heavy atom. The zero-order valence-electron chi connectivity index (χ0n) is 17.5. The molecule has 0 spiro atoms. The first kappa shape index (κ1) is 23.2. The highest BCUT2D eigenvalue weighted by Gasteiger charge is 2.33. The van der Waals surface area contributed by atoms with E-state index in [1.54, 1.807) is 6.07 Å². The summed E-state index contributed by atoms with van der Waals surface area (Å²) in [6.07, 6.45) is 0.855. The maximum absolute atomic E-state index is 13.0. The van der Waals surface area contributed by atoms with Crippen molar-refractivity contribution in [3.05, 3.63) is 52.0 Å². The van der Waals surface area contributed by atoms with Crippen LogP contribution in [0.5, 0.6) is 11.5 Å². The van der Waals surface area contributed by atoms with Crippen molar-refractivity contribution in [1.82, 2.24) is 9.62 Å². The van der Waals surface area contributed by atoms with Crippen LogP contribution in [0, 0.1) is 5.92 Å². The van der Waals surface area contributed by atoms with Crippen LogP contribution in [-0.4, -0.2) is 44.9 Å². The molecule has 32 heavy (non-hydrogen) atoms. The molecule has 2 aromatic rings. The number of carbonyl (C=O) groups excluding carboxylic acids is 1. The molecule has 2 aliphatic heterocycles. The molecule has 1 N–H and O–H groups in total. The molecule has 0 saturated carbocycles. The average molecular weight is 499 g/mol. The fourth-order valence-corrected chi connectivity index (χ4v) is 6.12. The van der Waals surface area contributed by atoms with Crippen molar-refractivity contribution >= 4 is 39.1 Å². The van der Waals surface area contributed by atoms with Gasteiger partial charge in [0.1, 0.15) is 18.1 Å². The van der Waals surface area contributed by atoms with Gasteiger partial charge < -0.3 is 14.8 Å². The van der Waals surface area contributed by atoms with Crippen LogP contribution in [0.3, 0.4) is 0 Å². The molecule has 0 aliphatic carbocycles. The third-order valence-corrected chi connectivity index (χ3v) is 8.38. The van der Waals surface area contributed by atoms with E-state index < -0.39 is 10.0 Å². The summed E-state index contributed by atoms with van der Waals surface area (Å²) < 4.78 is 38.5. The van der Waals surface area contributed by atoms with E-state index in [-0.39, 0.29) is 40.9 Å². The fraction of sp³-hybridized carbons (Fsp3) is 0.409. The smallest absolute Gasteiger partial charge is 0.244 e. The van der Waals surface area contributed by atoms with E-state index in [0.29, 0.717) is 42.6 Å². The van der Waals surface area contributed by atoms with Crippen molar-refractivity contribution in [2.45, 2.75) is 30.7 Å². The second-order valence-electron chi connectivity index (χ2n) is 7.89. The zero-order chi connectivity index (χ0) is 22.9. The lowest BCUT2D eigenvalue weighted by Crippen LogP contribution is -2.43. The summed E-state index contributed by atoms with van der Waals surface area (Å²) in [6.45, 7) is 3.41. The van der Waals surface area contributed by atoms with Crippen LogP contribution in [-0.2, 0) is 14.8 Å². The maximum atomic E-state index is 13.0. The number of nitrogens with zero attached hydrogens (tertiary/aromatic N) is 1. The molecule has 1 amide bonds. The molecule has 10 heteroatoms. The van der Waals surface area contributed by atoms with Crippen molar-refractivity contribution in [3.8, 4) is 11.5 Å². The van der Waals surface area contributed by atoms with Crippen molar-refractivity contribution in [3.63, 3.8) is 0 Å². The van der Waals surface area contributed by atoms with Gasteiger partial charge in [-0.05, 0) is 55.7 Å². The van der Waals surface area contributed by atoms with Gasteiger partial charge in [0.2, 0.25) is 15.9 Å². The number of halogens is 2. The lowest BCUT2D eigenvalue weighted by molar-refractivity contribution is -0.126. The topological polar surface area (TPSA) is 84.9 Å². The summed E-state index contributed by atoms with van der Waals surface area (Å²) in [5.74, 6) is 1.01. The minimum Gasteiger partial charge on any atom is -0.486 e. The van der Waals surface area contributed by atoms with Gasteiger partial charge in [-0.25, -0.2) is 8.42 Å². The van der Waals surface area contributed by atoms with Crippen molar-refractivity contribution in [2.24, 2.45) is 5.92 Å². The summed E-state index contributed by atoms with van der Waals surface area (Å²) in [6, 6.07) is 9.78. The average Bonchev–Trinajstić information content (AvgIpc) is 2.80. The van der Waals surface area contributed by atoms with Crippen LogP contribution in [0.4, 0.5) is 0 Å². The van der Waals surface area contributed by atoms with Crippen LogP contribution in [0.25, 0.3) is 0 Å². The van der Waals surface area contributed by atoms with E-state index in [1.165, 1.54) is 16.4 Å². The lowest BCUT2D eigenvalue weighted by atomic mass is 9.96. The number of piperidine rings is 1. The van der Waals surface area contributed by atoms with Gasteiger partial charge in [0.15, 0.2) is 11.5 Å². The Balaban J connectivity index is 1.37. The normalized spacial score (nSPS) is 18.2. The number of rotatable bonds is 5. The first-order valence-electron chi connectivity index (χ1n) is 10.4. The monoisotopic (exact) mass is 498 g/mol. The van der Waals surface area contributed by atoms with Crippen LogP contribution < -0.4 is 14.8 Å². The molecule has 2 aromatic carbocycles. The van der Waals surface area contributed by atoms with E-state index in [2.05, 4.69) is 5.32 Å². The number of nitrogens with one attached hydrogen (secondary N) is 1. The van der Waals surface area contributed by atoms with Crippen LogP contribution in [0.15, 0.2) is 41.3 Å². The first-order valence-corrected chi connectivity index (χ1v) is 12.6. The molecule has 0 radical (unpaired) electrons. The molecule has 172 valence electrons. The molecular formula is C22H24Cl2N2O5S. The molecular weight excluding hydrogens is 475 g/mol. The Hall–Kier alpha value is -2.00. The van der Waals surface area contributed by atoms with Crippen LogP contribution in [0.1, 0.15) is 31.4 Å². The Kier molecular flexibility index (Phi) is 6.86. The minimum absolute atomic E-state index is 0.0122. The Labute approximate surface area is 197 Å². The molecule has 4 rings (SSSR count). The molecule has 2 heterocycles. The lowest BCUT2D eigenvalue weighted by Gasteiger charge is -2.31. The third-order valence-electron chi connectivity index (χ3n) is 5.76. The van der Waals surface area contributed by atoms with E-state index in [4.69, 9.17) is 32.7 Å². The van der Waals surface area contributed by atoms with Crippen LogP contribution in [0.2, 0.25) is 10.0 Å². The minimum atomic E-state index is -3.78. The van der Waals surface area contributed by atoms with E-state index in [9.17, 15) is 13.2 Å². The quantitative estimate of drug-likeness (QED) is 0.672. The zero-order valence-corrected chi connectivity index (χ0v) is 19.8. The Morgan fingerprint density at radius 3 is 2.47 bits per heavy atom. The van der Waals surface area contributed by atoms with Crippen molar-refractivity contribution < 1.29 is 22.7 Å². The summed E-state index contributed by atoms with van der Waals surface area (Å²) in [5, 5.41) is 3.46. The predicted molar refractivity (Wildman–Crippen MR) is 122 cm³/mol. The molecule has 1 fully saturated rings. The van der Waals surface area contributed by atoms with Crippen molar-refractivity contribution in [1.29, 1.82) is 0 Å². The molecule has 0 bridgehead atoms. The maximum Gasteiger partial charge on any atom is 0.244 e. The van der Waals surface area contributed by atoms with Crippen molar-refractivity contribution in [2.75, 3.05) is 26.3 Å². The van der Waals surface area contributed by atoms with Crippen LogP contribution >= 0.6 is 23.2 Å². The fourth-order valence-electron chi connectivity index (χ4n) is 3.92. The number of sulfonamides is 1. The molecule has 0 aromatic heterocycles. The number of carbonyl (C=O) groups is 1. The summed E-state index contributed by atoms with van der Waals surface area (Å²) in [7, 11) is -3.78. The van der Waals surface area contributed by atoms with Gasteiger partial charge in [-0.3, -0.25) is 4.79 Å². The highest BCUT2D eigenvalue weighted by Crippen LogP contribution is 2.33. The summed E-state index contributed by atoms with van der Waals surface area (Å²) in [5.41, 5.74) is 0.915. The number of hydrogen-bond acceptors (Lipinski definition) is 5. The van der Waals surface area contributed by atoms with E-state index in [0.717, 1.165) is 5.56 Å². The van der Waals surface area contributed by atoms with Gasteiger partial charge in [0.25, 0.3) is 0 Å². The Bertz CT molecular complexity index is 1120. The molecule has 2 aliphatic rings. The summed E-state index contributed by atoms with van der Waals surface area (Å²) >= 11 is 12.0. The SMILES string of the molecule is CC(NC(=O)C1CCN(S(=O)(=O)c2cc(Cl)ccc2Cl)CC1)c1ccc2c(c1)OCCO2. The second kappa shape index (κ2) is 9.47. The van der Waals surface area contributed by atoms with E-state index >= 15 is 0 Å². The number of fused-ring (bicyclic) bond motifs is 1. The Morgan fingerprint density at radius 2 is 1.75 bits per heavy atom. The molecule has 7 nitrogen and oxygen atoms in total.